The summed E-state index contributed by atoms with van der Waals surface area (Å²) in [5.74, 6) is -2.45. The maximum atomic E-state index is 13.9. The minimum Gasteiger partial charge on any atom is -0.345 e. The average Bonchev–Trinajstić information content (AvgIpc) is 3.66. The highest BCUT2D eigenvalue weighted by molar-refractivity contribution is 7.89. The SMILES string of the molecule is CNC(C)C(=O)NC(C(=O)CS(=O)(=O)N1CCC2NCC(C(=O)NC(c3ccccc3)c3ccccc3)C21)C1CCCCC1. The Labute approximate surface area is 260 Å². The third-order valence-electron chi connectivity index (χ3n) is 9.58. The minimum absolute atomic E-state index is 0.0923. The molecule has 4 N–H and O–H groups in total. The van der Waals surface area contributed by atoms with E-state index >= 15 is 0 Å². The van der Waals surface area contributed by atoms with E-state index in [1.165, 1.54) is 4.31 Å². The third kappa shape index (κ3) is 7.22. The predicted octanol–water partition coefficient (Wildman–Crippen LogP) is 2.13. The number of sulfonamides is 1. The number of Topliss-reactive ketones (excluding diaryl/α,β-unsaturated/α-hetero) is 1. The zero-order valence-corrected chi connectivity index (χ0v) is 26.4. The van der Waals surface area contributed by atoms with Gasteiger partial charge >= 0.3 is 0 Å². The Balaban J connectivity index is 1.33. The minimum atomic E-state index is -4.06. The highest BCUT2D eigenvalue weighted by Crippen LogP contribution is 2.34. The molecule has 11 heteroatoms. The van der Waals surface area contributed by atoms with E-state index in [1.807, 2.05) is 60.7 Å². The lowest BCUT2D eigenvalue weighted by molar-refractivity contribution is -0.129. The van der Waals surface area contributed by atoms with Gasteiger partial charge in [0.25, 0.3) is 0 Å². The van der Waals surface area contributed by atoms with Crippen molar-refractivity contribution in [2.75, 3.05) is 25.9 Å². The second-order valence-electron chi connectivity index (χ2n) is 12.4. The molecule has 2 heterocycles. The van der Waals surface area contributed by atoms with Crippen molar-refractivity contribution in [2.45, 2.75) is 75.7 Å². The van der Waals surface area contributed by atoms with Crippen LogP contribution in [0.2, 0.25) is 0 Å². The van der Waals surface area contributed by atoms with Gasteiger partial charge in [-0.1, -0.05) is 79.9 Å². The fourth-order valence-corrected chi connectivity index (χ4v) is 8.81. The number of fused-ring (bicyclic) bond motifs is 1. The zero-order chi connectivity index (χ0) is 31.3. The molecule has 238 valence electrons. The van der Waals surface area contributed by atoms with Crippen molar-refractivity contribution < 1.29 is 22.8 Å². The predicted molar refractivity (Wildman–Crippen MR) is 169 cm³/mol. The molecule has 1 aliphatic carbocycles. The van der Waals surface area contributed by atoms with Crippen LogP contribution < -0.4 is 21.3 Å². The van der Waals surface area contributed by atoms with Crippen molar-refractivity contribution >= 4 is 27.6 Å². The molecule has 5 atom stereocenters. The second-order valence-corrected chi connectivity index (χ2v) is 14.3. The summed E-state index contributed by atoms with van der Waals surface area (Å²) in [6.07, 6.45) is 5.07. The van der Waals surface area contributed by atoms with Gasteiger partial charge in [-0.3, -0.25) is 14.4 Å². The number of nitrogens with one attached hydrogen (secondary N) is 4. The summed E-state index contributed by atoms with van der Waals surface area (Å²) < 4.78 is 29.2. The van der Waals surface area contributed by atoms with Crippen molar-refractivity contribution in [1.82, 2.24) is 25.6 Å². The molecular weight excluding hydrogens is 578 g/mol. The summed E-state index contributed by atoms with van der Waals surface area (Å²) in [7, 11) is -2.39. The summed E-state index contributed by atoms with van der Waals surface area (Å²) in [6.45, 7) is 2.29. The first-order valence-corrected chi connectivity index (χ1v) is 17.4. The number of nitrogens with zero attached hydrogens (tertiary/aromatic N) is 1. The van der Waals surface area contributed by atoms with Gasteiger partial charge in [0.1, 0.15) is 5.75 Å². The molecule has 0 radical (unpaired) electrons. The first-order chi connectivity index (χ1) is 21.2. The summed E-state index contributed by atoms with van der Waals surface area (Å²) in [5, 5.41) is 12.3. The van der Waals surface area contributed by atoms with E-state index in [-0.39, 0.29) is 30.3 Å². The Morgan fingerprint density at radius 1 is 0.909 bits per heavy atom. The van der Waals surface area contributed by atoms with Gasteiger partial charge in [-0.2, -0.15) is 4.31 Å². The molecule has 2 amide bonds. The Hall–Kier alpha value is -3.12. The Bertz CT molecular complexity index is 1360. The van der Waals surface area contributed by atoms with Gasteiger partial charge in [-0.25, -0.2) is 8.42 Å². The normalized spacial score (nSPS) is 24.0. The number of rotatable bonds is 12. The van der Waals surface area contributed by atoms with Crippen molar-refractivity contribution in [1.29, 1.82) is 0 Å². The van der Waals surface area contributed by atoms with Crippen LogP contribution in [0.5, 0.6) is 0 Å². The molecule has 2 saturated heterocycles. The Morgan fingerprint density at radius 3 is 2.11 bits per heavy atom. The lowest BCUT2D eigenvalue weighted by atomic mass is 9.82. The molecule has 2 aliphatic heterocycles. The monoisotopic (exact) mass is 623 g/mol. The van der Waals surface area contributed by atoms with E-state index in [1.54, 1.807) is 14.0 Å². The average molecular weight is 624 g/mol. The van der Waals surface area contributed by atoms with Gasteiger partial charge in [0.05, 0.1) is 30.1 Å². The standard InChI is InChI=1S/C33H45N5O5S/c1-22(34-2)32(40)37-30(25-16-10-5-11-17-25)28(39)21-44(42,43)38-19-18-27-31(38)26(20-35-27)33(41)36-29(23-12-6-3-7-13-23)24-14-8-4-9-15-24/h3-4,6-9,12-15,22,25-27,29-31,34-35H,5,10-11,16-21H2,1-2H3,(H,36,41)(H,37,40). The topological polar surface area (TPSA) is 137 Å². The molecule has 0 spiro atoms. The van der Waals surface area contributed by atoms with Gasteiger partial charge in [0.2, 0.25) is 21.8 Å². The van der Waals surface area contributed by atoms with Crippen LogP contribution in [0.3, 0.4) is 0 Å². The number of likely N-dealkylation sites (N-methyl/N-ethyl adjacent to an activating group) is 1. The molecule has 2 aromatic rings. The van der Waals surface area contributed by atoms with E-state index in [0.717, 1.165) is 43.2 Å². The highest BCUT2D eigenvalue weighted by atomic mass is 32.2. The molecule has 3 aliphatic rings. The van der Waals surface area contributed by atoms with E-state index in [9.17, 15) is 22.8 Å². The molecule has 0 aromatic heterocycles. The van der Waals surface area contributed by atoms with Gasteiger partial charge in [0, 0.05) is 19.1 Å². The zero-order valence-electron chi connectivity index (χ0n) is 25.6. The number of carbonyl (C=O) groups is 3. The third-order valence-corrected chi connectivity index (χ3v) is 11.4. The first kappa shape index (κ1) is 32.3. The van der Waals surface area contributed by atoms with Gasteiger partial charge in [-0.05, 0) is 50.3 Å². The lowest BCUT2D eigenvalue weighted by Crippen LogP contribution is -2.54. The number of carbonyl (C=O) groups excluding carboxylic acids is 3. The van der Waals surface area contributed by atoms with Gasteiger partial charge < -0.3 is 21.3 Å². The van der Waals surface area contributed by atoms with Gasteiger partial charge in [-0.15, -0.1) is 0 Å². The second kappa shape index (κ2) is 14.3. The summed E-state index contributed by atoms with van der Waals surface area (Å²) in [5.41, 5.74) is 1.86. The molecule has 3 fully saturated rings. The number of amides is 2. The molecule has 2 aromatic carbocycles. The summed E-state index contributed by atoms with van der Waals surface area (Å²) in [4.78, 5) is 40.3. The van der Waals surface area contributed by atoms with Crippen LogP contribution in [-0.2, 0) is 24.4 Å². The number of ketones is 1. The molecule has 10 nitrogen and oxygen atoms in total. The Kier molecular flexibility index (Phi) is 10.5. The number of benzene rings is 2. The number of hydrogen-bond donors (Lipinski definition) is 4. The maximum Gasteiger partial charge on any atom is 0.237 e. The van der Waals surface area contributed by atoms with Crippen LogP contribution in [0.15, 0.2) is 60.7 Å². The summed E-state index contributed by atoms with van der Waals surface area (Å²) in [6, 6.07) is 16.9. The van der Waals surface area contributed by atoms with E-state index in [4.69, 9.17) is 0 Å². The fraction of sp³-hybridized carbons (Fsp3) is 0.545. The molecule has 44 heavy (non-hydrogen) atoms. The summed E-state index contributed by atoms with van der Waals surface area (Å²) >= 11 is 0. The quantitative estimate of drug-likeness (QED) is 0.284. The van der Waals surface area contributed by atoms with Crippen molar-refractivity contribution in [2.24, 2.45) is 11.8 Å². The lowest BCUT2D eigenvalue weighted by Gasteiger charge is -2.32. The van der Waals surface area contributed by atoms with Crippen LogP contribution in [0.1, 0.15) is 62.6 Å². The van der Waals surface area contributed by atoms with Crippen molar-refractivity contribution in [3.63, 3.8) is 0 Å². The van der Waals surface area contributed by atoms with E-state index in [0.29, 0.717) is 13.0 Å². The highest BCUT2D eigenvalue weighted by Gasteiger charge is 2.52. The van der Waals surface area contributed by atoms with Gasteiger partial charge in [0.15, 0.2) is 5.78 Å². The Morgan fingerprint density at radius 2 is 1.52 bits per heavy atom. The van der Waals surface area contributed by atoms with E-state index < -0.39 is 51.6 Å². The largest absolute Gasteiger partial charge is 0.345 e. The molecule has 5 unspecified atom stereocenters. The van der Waals surface area contributed by atoms with E-state index in [2.05, 4.69) is 21.3 Å². The maximum absolute atomic E-state index is 13.9. The van der Waals surface area contributed by atoms with Crippen LogP contribution >= 0.6 is 0 Å². The molecule has 5 rings (SSSR count). The number of hydrogen-bond acceptors (Lipinski definition) is 7. The van der Waals surface area contributed by atoms with Crippen molar-refractivity contribution in [3.05, 3.63) is 71.8 Å². The van der Waals surface area contributed by atoms with Crippen LogP contribution in [0.25, 0.3) is 0 Å². The van der Waals surface area contributed by atoms with Crippen LogP contribution in [0.4, 0.5) is 0 Å². The van der Waals surface area contributed by atoms with Crippen molar-refractivity contribution in [3.8, 4) is 0 Å². The van der Waals surface area contributed by atoms with Crippen LogP contribution in [0, 0.1) is 11.8 Å². The molecular formula is C33H45N5O5S. The van der Waals surface area contributed by atoms with Crippen LogP contribution in [-0.4, -0.2) is 80.4 Å². The molecule has 1 saturated carbocycles. The smallest absolute Gasteiger partial charge is 0.237 e. The first-order valence-electron chi connectivity index (χ1n) is 15.8. The molecule has 0 bridgehead atoms. The fourth-order valence-electron chi connectivity index (χ4n) is 7.05.